The van der Waals surface area contributed by atoms with E-state index in [2.05, 4.69) is 40.3 Å². The Bertz CT molecular complexity index is 592. The molecule has 0 saturated heterocycles. The van der Waals surface area contributed by atoms with E-state index >= 15 is 0 Å². The third-order valence-corrected chi connectivity index (χ3v) is 3.82. The van der Waals surface area contributed by atoms with Crippen molar-refractivity contribution in [3.63, 3.8) is 0 Å². The molecule has 1 aliphatic carbocycles. The van der Waals surface area contributed by atoms with E-state index in [-0.39, 0.29) is 0 Å². The number of aromatic nitrogens is 2. The van der Waals surface area contributed by atoms with Crippen molar-refractivity contribution < 1.29 is 0 Å². The minimum atomic E-state index is 0.671. The molecule has 0 aliphatic heterocycles. The van der Waals surface area contributed by atoms with Gasteiger partial charge < -0.3 is 10.2 Å². The third kappa shape index (κ3) is 2.55. The molecule has 0 radical (unpaired) electrons. The van der Waals surface area contributed by atoms with Crippen LogP contribution in [-0.2, 0) is 0 Å². The molecule has 1 N–H and O–H groups in total. The summed E-state index contributed by atoms with van der Waals surface area (Å²) in [5, 5.41) is 4.24. The smallest absolute Gasteiger partial charge is 0.224 e. The van der Waals surface area contributed by atoms with Crippen LogP contribution in [0.15, 0.2) is 24.3 Å². The van der Waals surface area contributed by atoms with Crippen LogP contribution in [0, 0.1) is 0 Å². The zero-order valence-corrected chi connectivity index (χ0v) is 12.3. The number of hydrogen-bond acceptors (Lipinski definition) is 4. The molecule has 1 fully saturated rings. The number of hydrogen-bond donors (Lipinski definition) is 1. The van der Waals surface area contributed by atoms with Gasteiger partial charge in [0.15, 0.2) is 0 Å². The molecule has 1 aromatic carbocycles. The van der Waals surface area contributed by atoms with Crippen molar-refractivity contribution in [3.8, 4) is 0 Å². The van der Waals surface area contributed by atoms with Gasteiger partial charge in [-0.15, -0.1) is 0 Å². The molecule has 0 spiro atoms. The van der Waals surface area contributed by atoms with Crippen LogP contribution < -0.4 is 10.2 Å². The highest BCUT2D eigenvalue weighted by molar-refractivity contribution is 5.90. The average molecular weight is 270 g/mol. The lowest BCUT2D eigenvalue weighted by Crippen LogP contribution is -2.28. The van der Waals surface area contributed by atoms with Gasteiger partial charge in [0.2, 0.25) is 5.95 Å². The summed E-state index contributed by atoms with van der Waals surface area (Å²) in [6.07, 6.45) is 5.00. The number of rotatable bonds is 6. The molecule has 0 unspecified atom stereocenters. The first-order chi connectivity index (χ1) is 9.83. The largest absolute Gasteiger partial charge is 0.357 e. The van der Waals surface area contributed by atoms with E-state index in [4.69, 9.17) is 4.98 Å². The van der Waals surface area contributed by atoms with E-state index in [0.29, 0.717) is 12.0 Å². The minimum Gasteiger partial charge on any atom is -0.357 e. The lowest BCUT2D eigenvalue weighted by molar-refractivity contribution is 0.707. The molecule has 3 rings (SSSR count). The zero-order chi connectivity index (χ0) is 13.9. The maximum absolute atomic E-state index is 4.74. The molecule has 1 aromatic heterocycles. The van der Waals surface area contributed by atoms with Gasteiger partial charge in [-0.25, -0.2) is 4.98 Å². The van der Waals surface area contributed by atoms with E-state index < -0.39 is 0 Å². The normalized spacial score (nSPS) is 14.5. The molecule has 0 amide bonds. The quantitative estimate of drug-likeness (QED) is 0.873. The van der Waals surface area contributed by atoms with Gasteiger partial charge in [-0.2, -0.15) is 4.98 Å². The van der Waals surface area contributed by atoms with Crippen molar-refractivity contribution in [2.75, 3.05) is 23.8 Å². The number of fused-ring (bicyclic) bond motifs is 1. The van der Waals surface area contributed by atoms with Crippen LogP contribution in [-0.4, -0.2) is 29.6 Å². The first-order valence-electron chi connectivity index (χ1n) is 7.54. The van der Waals surface area contributed by atoms with Gasteiger partial charge in [-0.3, -0.25) is 0 Å². The van der Waals surface area contributed by atoms with Gasteiger partial charge in [0.05, 0.1) is 5.52 Å². The topological polar surface area (TPSA) is 41.1 Å². The minimum absolute atomic E-state index is 0.671. The van der Waals surface area contributed by atoms with Crippen LogP contribution in [0.2, 0.25) is 0 Å². The van der Waals surface area contributed by atoms with E-state index in [1.54, 1.807) is 0 Å². The van der Waals surface area contributed by atoms with Crippen LogP contribution in [0.1, 0.15) is 32.6 Å². The van der Waals surface area contributed by atoms with Crippen LogP contribution in [0.25, 0.3) is 10.9 Å². The summed E-state index contributed by atoms with van der Waals surface area (Å²) < 4.78 is 0. The standard InChI is InChI=1S/C16H22N4/c1-3-4-11-20(12-9-10-12)15-13-7-5-6-8-14(13)18-16(17-2)19-15/h5-8,12H,3-4,9-11H2,1-2H3,(H,17,18,19). The number of anilines is 2. The molecule has 4 nitrogen and oxygen atoms in total. The second kappa shape index (κ2) is 5.65. The first-order valence-corrected chi connectivity index (χ1v) is 7.54. The predicted octanol–water partition coefficient (Wildman–Crippen LogP) is 3.44. The Hall–Kier alpha value is -1.84. The Kier molecular flexibility index (Phi) is 3.72. The summed E-state index contributed by atoms with van der Waals surface area (Å²) in [6, 6.07) is 8.97. The van der Waals surface area contributed by atoms with E-state index in [1.807, 2.05) is 13.1 Å². The number of nitrogens with zero attached hydrogens (tertiary/aromatic N) is 3. The van der Waals surface area contributed by atoms with Crippen LogP contribution in [0.5, 0.6) is 0 Å². The number of unbranched alkanes of at least 4 members (excludes halogenated alkanes) is 1. The fourth-order valence-electron chi connectivity index (χ4n) is 2.57. The van der Waals surface area contributed by atoms with Gasteiger partial charge in [0.25, 0.3) is 0 Å². The maximum Gasteiger partial charge on any atom is 0.224 e. The second-order valence-electron chi connectivity index (χ2n) is 5.42. The van der Waals surface area contributed by atoms with Crippen LogP contribution >= 0.6 is 0 Å². The third-order valence-electron chi connectivity index (χ3n) is 3.82. The predicted molar refractivity (Wildman–Crippen MR) is 84.4 cm³/mol. The van der Waals surface area contributed by atoms with Crippen LogP contribution in [0.4, 0.5) is 11.8 Å². The summed E-state index contributed by atoms with van der Waals surface area (Å²) in [5.74, 6) is 1.80. The van der Waals surface area contributed by atoms with E-state index in [0.717, 1.165) is 23.3 Å². The Balaban J connectivity index is 2.06. The molecule has 1 aliphatic rings. The van der Waals surface area contributed by atoms with Crippen molar-refractivity contribution in [2.45, 2.75) is 38.6 Å². The Labute approximate surface area is 120 Å². The zero-order valence-electron chi connectivity index (χ0n) is 12.3. The van der Waals surface area contributed by atoms with E-state index in [9.17, 15) is 0 Å². The molecular formula is C16H22N4. The molecule has 4 heteroatoms. The fraction of sp³-hybridized carbons (Fsp3) is 0.500. The summed E-state index contributed by atoms with van der Waals surface area (Å²) in [4.78, 5) is 11.8. The average Bonchev–Trinajstić information content (AvgIpc) is 3.32. The first kappa shape index (κ1) is 13.2. The SMILES string of the molecule is CCCCN(c1nc(NC)nc2ccccc12)C1CC1. The molecule has 20 heavy (non-hydrogen) atoms. The Morgan fingerprint density at radius 2 is 2.05 bits per heavy atom. The van der Waals surface area contributed by atoms with Gasteiger partial charge in [-0.1, -0.05) is 25.5 Å². The lowest BCUT2D eigenvalue weighted by atomic mass is 10.2. The second-order valence-corrected chi connectivity index (χ2v) is 5.42. The summed E-state index contributed by atoms with van der Waals surface area (Å²) in [6.45, 7) is 3.33. The van der Waals surface area contributed by atoms with Gasteiger partial charge in [0.1, 0.15) is 5.82 Å². The van der Waals surface area contributed by atoms with Gasteiger partial charge in [-0.05, 0) is 31.4 Å². The number of benzene rings is 1. The van der Waals surface area contributed by atoms with Gasteiger partial charge >= 0.3 is 0 Å². The number of nitrogens with one attached hydrogen (secondary N) is 1. The molecule has 0 atom stereocenters. The molecule has 0 bridgehead atoms. The highest BCUT2D eigenvalue weighted by atomic mass is 15.3. The number of para-hydroxylation sites is 1. The summed E-state index contributed by atoms with van der Waals surface area (Å²) in [5.41, 5.74) is 1.02. The lowest BCUT2D eigenvalue weighted by Gasteiger charge is -2.25. The van der Waals surface area contributed by atoms with Crippen molar-refractivity contribution >= 4 is 22.7 Å². The van der Waals surface area contributed by atoms with Crippen LogP contribution in [0.3, 0.4) is 0 Å². The van der Waals surface area contributed by atoms with Crippen molar-refractivity contribution in [3.05, 3.63) is 24.3 Å². The van der Waals surface area contributed by atoms with Crippen molar-refractivity contribution in [1.29, 1.82) is 0 Å². The highest BCUT2D eigenvalue weighted by Crippen LogP contribution is 2.34. The Morgan fingerprint density at radius 1 is 1.25 bits per heavy atom. The summed E-state index contributed by atoms with van der Waals surface area (Å²) in [7, 11) is 1.88. The molecule has 106 valence electrons. The van der Waals surface area contributed by atoms with Gasteiger partial charge in [0, 0.05) is 25.0 Å². The fourth-order valence-corrected chi connectivity index (χ4v) is 2.57. The monoisotopic (exact) mass is 270 g/mol. The molecule has 2 aromatic rings. The maximum atomic E-state index is 4.74. The van der Waals surface area contributed by atoms with Crippen molar-refractivity contribution in [2.24, 2.45) is 0 Å². The summed E-state index contributed by atoms with van der Waals surface area (Å²) >= 11 is 0. The van der Waals surface area contributed by atoms with E-state index in [1.165, 1.54) is 25.7 Å². The molecule has 1 saturated carbocycles. The highest BCUT2D eigenvalue weighted by Gasteiger charge is 2.30. The molecule has 1 heterocycles. The molecular weight excluding hydrogens is 248 g/mol. The Morgan fingerprint density at radius 3 is 2.75 bits per heavy atom. The van der Waals surface area contributed by atoms with Crippen molar-refractivity contribution in [1.82, 2.24) is 9.97 Å².